The second-order valence-electron chi connectivity index (χ2n) is 4.25. The number of para-hydroxylation sites is 1. The third-order valence-electron chi connectivity index (χ3n) is 3.14. The highest BCUT2D eigenvalue weighted by atomic mass is 16.5. The summed E-state index contributed by atoms with van der Waals surface area (Å²) in [6, 6.07) is 5.79. The van der Waals surface area contributed by atoms with E-state index in [0.717, 1.165) is 22.5 Å². The fourth-order valence-corrected chi connectivity index (χ4v) is 2.22. The summed E-state index contributed by atoms with van der Waals surface area (Å²) in [5.74, 6) is 1.43. The number of hydrogen-bond acceptors (Lipinski definition) is 5. The Morgan fingerprint density at radius 2 is 2.00 bits per heavy atom. The number of imidazole rings is 1. The molecule has 0 aliphatic carbocycles. The summed E-state index contributed by atoms with van der Waals surface area (Å²) in [7, 11) is 3.26. The third-order valence-corrected chi connectivity index (χ3v) is 3.14. The van der Waals surface area contributed by atoms with Gasteiger partial charge in [0.05, 0.1) is 26.2 Å². The number of aromatic nitrogens is 4. The van der Waals surface area contributed by atoms with Gasteiger partial charge in [0.25, 0.3) is 0 Å². The number of methoxy groups -OCH3 is 2. The maximum Gasteiger partial charge on any atom is 0.180 e. The van der Waals surface area contributed by atoms with Gasteiger partial charge in [-0.2, -0.15) is 0 Å². The van der Waals surface area contributed by atoms with Crippen LogP contribution in [0.25, 0.3) is 11.2 Å². The Kier molecular flexibility index (Phi) is 3.20. The van der Waals surface area contributed by atoms with Crippen molar-refractivity contribution in [1.82, 2.24) is 19.9 Å². The van der Waals surface area contributed by atoms with Crippen molar-refractivity contribution in [2.75, 3.05) is 14.2 Å². The summed E-state index contributed by atoms with van der Waals surface area (Å²) in [6.07, 6.45) is 3.75. The van der Waals surface area contributed by atoms with Crippen molar-refractivity contribution in [1.29, 1.82) is 0 Å². The monoisotopic (exact) mass is 270 g/mol. The number of nitrogens with zero attached hydrogens (tertiary/aromatic N) is 3. The van der Waals surface area contributed by atoms with E-state index in [1.807, 2.05) is 18.2 Å². The Bertz CT molecular complexity index is 739. The highest BCUT2D eigenvalue weighted by Crippen LogP contribution is 2.32. The van der Waals surface area contributed by atoms with E-state index in [1.165, 1.54) is 6.33 Å². The summed E-state index contributed by atoms with van der Waals surface area (Å²) < 4.78 is 10.7. The maximum absolute atomic E-state index is 5.44. The summed E-state index contributed by atoms with van der Waals surface area (Å²) in [5, 5.41) is 0. The third kappa shape index (κ3) is 2.05. The first-order valence-electron chi connectivity index (χ1n) is 6.16. The average Bonchev–Trinajstić information content (AvgIpc) is 2.96. The molecule has 2 heterocycles. The van der Waals surface area contributed by atoms with Crippen molar-refractivity contribution in [3.05, 3.63) is 42.1 Å². The van der Waals surface area contributed by atoms with Crippen LogP contribution < -0.4 is 9.47 Å². The molecular formula is C14H14N4O2. The molecule has 0 spiro atoms. The van der Waals surface area contributed by atoms with E-state index in [2.05, 4.69) is 19.9 Å². The van der Waals surface area contributed by atoms with Gasteiger partial charge < -0.3 is 14.5 Å². The molecule has 1 N–H and O–H groups in total. The van der Waals surface area contributed by atoms with Gasteiger partial charge in [0.2, 0.25) is 0 Å². The van der Waals surface area contributed by atoms with E-state index in [1.54, 1.807) is 20.5 Å². The molecular weight excluding hydrogens is 256 g/mol. The number of ether oxygens (including phenoxy) is 2. The molecule has 0 saturated carbocycles. The quantitative estimate of drug-likeness (QED) is 0.784. The molecule has 2 aromatic heterocycles. The SMILES string of the molecule is COc1cccc(Cc2ncnc3nc[nH]c23)c1OC. The van der Waals surface area contributed by atoms with Gasteiger partial charge in [-0.25, -0.2) is 15.0 Å². The lowest BCUT2D eigenvalue weighted by molar-refractivity contribution is 0.352. The largest absolute Gasteiger partial charge is 0.493 e. The second-order valence-corrected chi connectivity index (χ2v) is 4.25. The highest BCUT2D eigenvalue weighted by molar-refractivity contribution is 5.72. The molecule has 0 atom stereocenters. The molecule has 0 unspecified atom stereocenters. The molecule has 0 bridgehead atoms. The number of H-pyrrole nitrogens is 1. The van der Waals surface area contributed by atoms with Gasteiger partial charge in [0.1, 0.15) is 11.8 Å². The molecule has 20 heavy (non-hydrogen) atoms. The minimum absolute atomic E-state index is 0.613. The summed E-state index contributed by atoms with van der Waals surface area (Å²) >= 11 is 0. The van der Waals surface area contributed by atoms with Gasteiger partial charge in [-0.15, -0.1) is 0 Å². The van der Waals surface area contributed by atoms with Gasteiger partial charge in [0, 0.05) is 12.0 Å². The maximum atomic E-state index is 5.44. The van der Waals surface area contributed by atoms with Crippen LogP contribution in [0.4, 0.5) is 0 Å². The first-order valence-corrected chi connectivity index (χ1v) is 6.16. The molecule has 3 aromatic rings. The normalized spacial score (nSPS) is 10.7. The van der Waals surface area contributed by atoms with E-state index in [9.17, 15) is 0 Å². The lowest BCUT2D eigenvalue weighted by atomic mass is 10.1. The van der Waals surface area contributed by atoms with Crippen LogP contribution >= 0.6 is 0 Å². The van der Waals surface area contributed by atoms with E-state index in [-0.39, 0.29) is 0 Å². The van der Waals surface area contributed by atoms with Gasteiger partial charge in [-0.1, -0.05) is 12.1 Å². The number of fused-ring (bicyclic) bond motifs is 1. The van der Waals surface area contributed by atoms with Crippen LogP contribution in [-0.4, -0.2) is 34.2 Å². The van der Waals surface area contributed by atoms with Crippen molar-refractivity contribution in [3.8, 4) is 11.5 Å². The number of hydrogen-bond donors (Lipinski definition) is 1. The number of rotatable bonds is 4. The van der Waals surface area contributed by atoms with Gasteiger partial charge in [0.15, 0.2) is 17.1 Å². The van der Waals surface area contributed by atoms with Crippen LogP contribution in [-0.2, 0) is 6.42 Å². The Balaban J connectivity index is 2.05. The van der Waals surface area contributed by atoms with Crippen molar-refractivity contribution in [2.45, 2.75) is 6.42 Å². The van der Waals surface area contributed by atoms with Crippen molar-refractivity contribution >= 4 is 11.2 Å². The molecule has 3 rings (SSSR count). The van der Waals surface area contributed by atoms with Crippen LogP contribution in [0.5, 0.6) is 11.5 Å². The molecule has 0 aliphatic heterocycles. The molecule has 0 saturated heterocycles. The van der Waals surface area contributed by atoms with Crippen LogP contribution in [0, 0.1) is 0 Å². The Labute approximate surface area is 115 Å². The van der Waals surface area contributed by atoms with Crippen LogP contribution in [0.3, 0.4) is 0 Å². The second kappa shape index (κ2) is 5.16. The molecule has 1 aromatic carbocycles. The molecule has 6 heteroatoms. The predicted octanol–water partition coefficient (Wildman–Crippen LogP) is 1.96. The lowest BCUT2D eigenvalue weighted by Crippen LogP contribution is -1.99. The lowest BCUT2D eigenvalue weighted by Gasteiger charge is -2.12. The van der Waals surface area contributed by atoms with E-state index in [0.29, 0.717) is 17.8 Å². The van der Waals surface area contributed by atoms with E-state index in [4.69, 9.17) is 9.47 Å². The molecule has 0 aliphatic rings. The molecule has 102 valence electrons. The standard InChI is InChI=1S/C14H14N4O2/c1-19-11-5-3-4-9(13(11)20-2)6-10-12-14(17-7-15-10)18-8-16-12/h3-5,7-8H,6H2,1-2H3,(H,15,16,17,18). The Hall–Kier alpha value is -2.63. The Morgan fingerprint density at radius 3 is 2.80 bits per heavy atom. The minimum Gasteiger partial charge on any atom is -0.493 e. The number of nitrogens with one attached hydrogen (secondary N) is 1. The summed E-state index contributed by atoms with van der Waals surface area (Å²) in [4.78, 5) is 15.6. The van der Waals surface area contributed by atoms with Gasteiger partial charge >= 0.3 is 0 Å². The van der Waals surface area contributed by atoms with Gasteiger partial charge in [-0.05, 0) is 6.07 Å². The Morgan fingerprint density at radius 1 is 1.10 bits per heavy atom. The zero-order chi connectivity index (χ0) is 13.9. The fraction of sp³-hybridized carbons (Fsp3) is 0.214. The van der Waals surface area contributed by atoms with Crippen LogP contribution in [0.2, 0.25) is 0 Å². The van der Waals surface area contributed by atoms with Crippen LogP contribution in [0.1, 0.15) is 11.3 Å². The van der Waals surface area contributed by atoms with Gasteiger partial charge in [-0.3, -0.25) is 0 Å². The summed E-state index contributed by atoms with van der Waals surface area (Å²) in [6.45, 7) is 0. The molecule has 0 radical (unpaired) electrons. The smallest absolute Gasteiger partial charge is 0.180 e. The van der Waals surface area contributed by atoms with Crippen LogP contribution in [0.15, 0.2) is 30.9 Å². The molecule has 0 fully saturated rings. The molecule has 6 nitrogen and oxygen atoms in total. The minimum atomic E-state index is 0.613. The first-order chi connectivity index (χ1) is 9.83. The highest BCUT2D eigenvalue weighted by Gasteiger charge is 2.13. The van der Waals surface area contributed by atoms with E-state index >= 15 is 0 Å². The number of aromatic amines is 1. The van der Waals surface area contributed by atoms with E-state index < -0.39 is 0 Å². The zero-order valence-electron chi connectivity index (χ0n) is 11.3. The topological polar surface area (TPSA) is 72.9 Å². The molecule has 0 amide bonds. The summed E-state index contributed by atoms with van der Waals surface area (Å²) in [5.41, 5.74) is 3.38. The van der Waals surface area contributed by atoms with Crippen molar-refractivity contribution in [3.63, 3.8) is 0 Å². The fourth-order valence-electron chi connectivity index (χ4n) is 2.22. The predicted molar refractivity (Wildman–Crippen MR) is 74.0 cm³/mol. The first kappa shape index (κ1) is 12.4. The zero-order valence-corrected chi connectivity index (χ0v) is 11.3. The van der Waals surface area contributed by atoms with Crippen molar-refractivity contribution in [2.24, 2.45) is 0 Å². The number of benzene rings is 1. The van der Waals surface area contributed by atoms with Crippen molar-refractivity contribution < 1.29 is 9.47 Å². The average molecular weight is 270 g/mol.